The molecule has 2 aliphatic rings. The maximum absolute atomic E-state index is 5.90. The highest BCUT2D eigenvalue weighted by Gasteiger charge is 2.39. The van der Waals surface area contributed by atoms with Crippen molar-refractivity contribution >= 4 is 11.7 Å². The van der Waals surface area contributed by atoms with Gasteiger partial charge in [0.05, 0.1) is 18.3 Å². The number of hydrogen-bond acceptors (Lipinski definition) is 5. The van der Waals surface area contributed by atoms with E-state index in [0.717, 1.165) is 37.1 Å². The van der Waals surface area contributed by atoms with Crippen LogP contribution in [0.3, 0.4) is 0 Å². The van der Waals surface area contributed by atoms with E-state index in [9.17, 15) is 0 Å². The fourth-order valence-electron chi connectivity index (χ4n) is 3.53. The summed E-state index contributed by atoms with van der Waals surface area (Å²) >= 11 is 1.31. The number of piperidine rings is 1. The number of unbranched alkanes of at least 4 members (excludes halogenated alkanes) is 3. The predicted octanol–water partition coefficient (Wildman–Crippen LogP) is 3.31. The van der Waals surface area contributed by atoms with Gasteiger partial charge in [-0.05, 0) is 31.7 Å². The van der Waals surface area contributed by atoms with Crippen LogP contribution in [0.15, 0.2) is 0 Å². The molecule has 20 heavy (non-hydrogen) atoms. The molecular formula is C15H25N3OS. The predicted molar refractivity (Wildman–Crippen MR) is 81.5 cm³/mol. The first-order valence-electron chi connectivity index (χ1n) is 8.06. The van der Waals surface area contributed by atoms with Crippen molar-refractivity contribution in [3.8, 4) is 5.88 Å². The molecule has 0 amide bonds. The first-order valence-corrected chi connectivity index (χ1v) is 8.79. The third-order valence-electron chi connectivity index (χ3n) is 4.64. The highest BCUT2D eigenvalue weighted by Crippen LogP contribution is 2.41. The minimum Gasteiger partial charge on any atom is -0.476 e. The van der Waals surface area contributed by atoms with E-state index in [1.54, 1.807) is 0 Å². The van der Waals surface area contributed by atoms with Gasteiger partial charge in [-0.2, -0.15) is 4.37 Å². The molecule has 2 aliphatic heterocycles. The summed E-state index contributed by atoms with van der Waals surface area (Å²) < 4.78 is 14.8. The Labute approximate surface area is 125 Å². The average molecular weight is 295 g/mol. The molecule has 3 atom stereocenters. The highest BCUT2D eigenvalue weighted by atomic mass is 32.1. The van der Waals surface area contributed by atoms with Gasteiger partial charge in [-0.25, -0.2) is 0 Å². The van der Waals surface area contributed by atoms with Gasteiger partial charge in [-0.1, -0.05) is 26.2 Å². The average Bonchev–Trinajstić information content (AvgIpc) is 3.03. The Kier molecular flexibility index (Phi) is 4.89. The van der Waals surface area contributed by atoms with E-state index in [0.29, 0.717) is 5.92 Å². The molecule has 2 fully saturated rings. The van der Waals surface area contributed by atoms with Crippen LogP contribution in [0.4, 0.5) is 0 Å². The molecule has 0 N–H and O–H groups in total. The zero-order chi connectivity index (χ0) is 13.8. The van der Waals surface area contributed by atoms with Gasteiger partial charge in [-0.3, -0.25) is 0 Å². The van der Waals surface area contributed by atoms with Crippen molar-refractivity contribution < 1.29 is 4.74 Å². The van der Waals surface area contributed by atoms with Gasteiger partial charge < -0.3 is 9.64 Å². The lowest BCUT2D eigenvalue weighted by molar-refractivity contribution is 0.269. The summed E-state index contributed by atoms with van der Waals surface area (Å²) in [6.07, 6.45) is 7.63. The normalized spacial score (nSPS) is 28.8. The molecular weight excluding hydrogens is 270 g/mol. The van der Waals surface area contributed by atoms with Gasteiger partial charge >= 0.3 is 0 Å². The lowest BCUT2D eigenvalue weighted by Gasteiger charge is -2.21. The monoisotopic (exact) mass is 295 g/mol. The largest absolute Gasteiger partial charge is 0.476 e. The molecule has 1 aromatic heterocycles. The molecule has 0 aliphatic carbocycles. The van der Waals surface area contributed by atoms with Crippen LogP contribution in [0.5, 0.6) is 5.88 Å². The summed E-state index contributed by atoms with van der Waals surface area (Å²) in [7, 11) is 0. The Balaban J connectivity index is 1.56. The molecule has 4 nitrogen and oxygen atoms in total. The van der Waals surface area contributed by atoms with Crippen LogP contribution in [0.25, 0.3) is 0 Å². The van der Waals surface area contributed by atoms with Crippen molar-refractivity contribution in [2.75, 3.05) is 26.2 Å². The highest BCUT2D eigenvalue weighted by molar-refractivity contribution is 6.99. The van der Waals surface area contributed by atoms with Gasteiger partial charge in [0.25, 0.3) is 0 Å². The van der Waals surface area contributed by atoms with Crippen LogP contribution < -0.4 is 4.74 Å². The maximum Gasteiger partial charge on any atom is 0.249 e. The summed E-state index contributed by atoms with van der Waals surface area (Å²) in [6, 6.07) is 0. The summed E-state index contributed by atoms with van der Waals surface area (Å²) in [5.74, 6) is 2.15. The molecule has 0 saturated carbocycles. The van der Waals surface area contributed by atoms with Crippen molar-refractivity contribution in [2.24, 2.45) is 5.92 Å². The van der Waals surface area contributed by atoms with Crippen LogP contribution in [0, 0.1) is 5.92 Å². The smallest absolute Gasteiger partial charge is 0.249 e. The van der Waals surface area contributed by atoms with Crippen LogP contribution in [0.2, 0.25) is 0 Å². The maximum atomic E-state index is 5.90. The van der Waals surface area contributed by atoms with Crippen LogP contribution >= 0.6 is 11.7 Å². The van der Waals surface area contributed by atoms with Crippen molar-refractivity contribution in [3.05, 3.63) is 5.69 Å². The molecule has 2 bridgehead atoms. The van der Waals surface area contributed by atoms with Crippen molar-refractivity contribution in [2.45, 2.75) is 51.4 Å². The SMILES string of the molecule is CCCCCCOc1nsnc1[C@H]1CN2CCC[C@H]1C2. The van der Waals surface area contributed by atoms with E-state index in [1.165, 1.54) is 56.9 Å². The van der Waals surface area contributed by atoms with Gasteiger partial charge in [0, 0.05) is 19.0 Å². The van der Waals surface area contributed by atoms with Gasteiger partial charge in [0.2, 0.25) is 5.88 Å². The molecule has 2 saturated heterocycles. The Morgan fingerprint density at radius 3 is 3.05 bits per heavy atom. The lowest BCUT2D eigenvalue weighted by Crippen LogP contribution is -2.25. The molecule has 3 rings (SSSR count). The summed E-state index contributed by atoms with van der Waals surface area (Å²) in [4.78, 5) is 2.57. The van der Waals surface area contributed by atoms with Crippen molar-refractivity contribution in [3.63, 3.8) is 0 Å². The van der Waals surface area contributed by atoms with Gasteiger partial charge in [0.1, 0.15) is 5.69 Å². The second-order valence-corrected chi connectivity index (χ2v) is 6.66. The molecule has 1 unspecified atom stereocenters. The Hall–Kier alpha value is -0.680. The number of rotatable bonds is 7. The number of fused-ring (bicyclic) bond motifs is 2. The first kappa shape index (κ1) is 14.3. The van der Waals surface area contributed by atoms with Crippen molar-refractivity contribution in [1.82, 2.24) is 13.6 Å². The second kappa shape index (κ2) is 6.85. The molecule has 1 aromatic rings. The van der Waals surface area contributed by atoms with E-state index in [2.05, 4.69) is 20.6 Å². The molecule has 112 valence electrons. The molecule has 5 heteroatoms. The lowest BCUT2D eigenvalue weighted by atomic mass is 9.89. The topological polar surface area (TPSA) is 38.3 Å². The van der Waals surface area contributed by atoms with E-state index in [-0.39, 0.29) is 0 Å². The standard InChI is InChI=1S/C15H25N3OS/c1-2-3-4-5-9-19-15-14(16-20-17-15)13-11-18-8-6-7-12(13)10-18/h12-13H,2-11H2,1H3/t12-,13-/m0/s1. The van der Waals surface area contributed by atoms with E-state index >= 15 is 0 Å². The van der Waals surface area contributed by atoms with Crippen LogP contribution in [-0.2, 0) is 0 Å². The zero-order valence-electron chi connectivity index (χ0n) is 12.4. The van der Waals surface area contributed by atoms with E-state index in [1.807, 2.05) is 0 Å². The van der Waals surface area contributed by atoms with Crippen LogP contribution in [-0.4, -0.2) is 39.9 Å². The van der Waals surface area contributed by atoms with Gasteiger partial charge in [0.15, 0.2) is 0 Å². The van der Waals surface area contributed by atoms with E-state index in [4.69, 9.17) is 4.74 Å². The third kappa shape index (κ3) is 3.14. The molecule has 3 heterocycles. The Morgan fingerprint density at radius 1 is 1.25 bits per heavy atom. The molecule has 0 aromatic carbocycles. The van der Waals surface area contributed by atoms with Crippen LogP contribution in [0.1, 0.15) is 57.1 Å². The Morgan fingerprint density at radius 2 is 2.20 bits per heavy atom. The number of nitrogens with zero attached hydrogens (tertiary/aromatic N) is 3. The summed E-state index contributed by atoms with van der Waals surface area (Å²) in [5, 5.41) is 0. The second-order valence-electron chi connectivity index (χ2n) is 6.13. The fourth-order valence-corrected chi connectivity index (χ4v) is 4.10. The van der Waals surface area contributed by atoms with Crippen molar-refractivity contribution in [1.29, 1.82) is 0 Å². The molecule has 0 radical (unpaired) electrons. The minimum absolute atomic E-state index is 0.557. The quantitative estimate of drug-likeness (QED) is 0.723. The Bertz CT molecular complexity index is 423. The third-order valence-corrected chi connectivity index (χ3v) is 5.16. The minimum atomic E-state index is 0.557. The fraction of sp³-hybridized carbons (Fsp3) is 0.867. The number of ether oxygens (including phenoxy) is 1. The molecule has 0 spiro atoms. The number of aromatic nitrogens is 2. The van der Waals surface area contributed by atoms with Gasteiger partial charge in [-0.15, -0.1) is 4.37 Å². The first-order chi connectivity index (χ1) is 9.88. The zero-order valence-corrected chi connectivity index (χ0v) is 13.2. The summed E-state index contributed by atoms with van der Waals surface area (Å²) in [6.45, 7) is 6.69. The summed E-state index contributed by atoms with van der Waals surface area (Å²) in [5.41, 5.74) is 1.14. The van der Waals surface area contributed by atoms with E-state index < -0.39 is 0 Å². The number of hydrogen-bond donors (Lipinski definition) is 0.